The molecule has 1 aliphatic carbocycles. The van der Waals surface area contributed by atoms with Crippen LogP contribution in [0.3, 0.4) is 0 Å². The Labute approximate surface area is 90.6 Å². The molecule has 0 heterocycles. The monoisotopic (exact) mass is 222 g/mol. The van der Waals surface area contributed by atoms with Gasteiger partial charge >= 0.3 is 0 Å². The highest BCUT2D eigenvalue weighted by Crippen LogP contribution is 2.33. The average molecular weight is 222 g/mol. The Kier molecular flexibility index (Phi) is 2.65. The summed E-state index contributed by atoms with van der Waals surface area (Å²) in [5.74, 6) is 0. The molecule has 15 heavy (non-hydrogen) atoms. The van der Waals surface area contributed by atoms with E-state index in [0.29, 0.717) is 16.2 Å². The number of sulfone groups is 1. The first-order valence-corrected chi connectivity index (χ1v) is 6.59. The van der Waals surface area contributed by atoms with Crippen molar-refractivity contribution in [3.63, 3.8) is 0 Å². The Hall–Kier alpha value is -1.09. The predicted octanol–water partition coefficient (Wildman–Crippen LogP) is 2.92. The molecule has 0 N–H and O–H groups in total. The minimum atomic E-state index is -3.21. The van der Waals surface area contributed by atoms with Gasteiger partial charge in [-0.15, -0.1) is 0 Å². The molecule has 2 rings (SSSR count). The molecule has 3 heteroatoms. The lowest BCUT2D eigenvalue weighted by atomic mass is 10.3. The summed E-state index contributed by atoms with van der Waals surface area (Å²) in [4.78, 5) is 1.05. The van der Waals surface area contributed by atoms with Gasteiger partial charge in [0.05, 0.1) is 4.90 Å². The van der Waals surface area contributed by atoms with Gasteiger partial charge in [0.15, 0.2) is 0 Å². The molecule has 0 spiro atoms. The van der Waals surface area contributed by atoms with Gasteiger partial charge in [-0.3, -0.25) is 0 Å². The Balaban J connectivity index is 2.50. The Bertz CT molecular complexity index is 484. The van der Waals surface area contributed by atoms with E-state index in [1.807, 2.05) is 13.0 Å². The zero-order chi connectivity index (χ0) is 10.9. The molecule has 0 radical (unpaired) electrons. The average Bonchev–Trinajstić information content (AvgIpc) is 2.66. The Morgan fingerprint density at radius 3 is 2.27 bits per heavy atom. The van der Waals surface area contributed by atoms with E-state index in [1.54, 1.807) is 24.3 Å². The van der Waals surface area contributed by atoms with Gasteiger partial charge in [0.1, 0.15) is 0 Å². The van der Waals surface area contributed by atoms with E-state index in [4.69, 9.17) is 0 Å². The molecule has 0 aliphatic heterocycles. The molecule has 0 bridgehead atoms. The van der Waals surface area contributed by atoms with E-state index >= 15 is 0 Å². The molecule has 0 atom stereocenters. The molecule has 0 unspecified atom stereocenters. The van der Waals surface area contributed by atoms with Gasteiger partial charge in [-0.2, -0.15) is 0 Å². The molecule has 1 aliphatic rings. The van der Waals surface area contributed by atoms with Crippen molar-refractivity contribution in [3.05, 3.63) is 40.8 Å². The highest BCUT2D eigenvalue weighted by Gasteiger charge is 2.25. The van der Waals surface area contributed by atoms with Crippen molar-refractivity contribution in [2.45, 2.75) is 31.1 Å². The van der Waals surface area contributed by atoms with Crippen LogP contribution < -0.4 is 0 Å². The van der Waals surface area contributed by atoms with E-state index in [9.17, 15) is 8.42 Å². The van der Waals surface area contributed by atoms with Crippen LogP contribution in [0.15, 0.2) is 45.7 Å². The summed E-state index contributed by atoms with van der Waals surface area (Å²) >= 11 is 0. The van der Waals surface area contributed by atoms with E-state index in [-0.39, 0.29) is 0 Å². The Morgan fingerprint density at radius 2 is 1.73 bits per heavy atom. The summed E-state index contributed by atoms with van der Waals surface area (Å²) in [6.07, 6.45) is 2.58. The maximum atomic E-state index is 12.2. The maximum absolute atomic E-state index is 12.2. The van der Waals surface area contributed by atoms with E-state index in [1.165, 1.54) is 0 Å². The van der Waals surface area contributed by atoms with Crippen molar-refractivity contribution in [2.24, 2.45) is 0 Å². The first-order valence-electron chi connectivity index (χ1n) is 5.11. The van der Waals surface area contributed by atoms with Gasteiger partial charge in [0.25, 0.3) is 0 Å². The molecular weight excluding hydrogens is 208 g/mol. The van der Waals surface area contributed by atoms with Crippen molar-refractivity contribution in [1.82, 2.24) is 0 Å². The quantitative estimate of drug-likeness (QED) is 0.771. The number of hydrogen-bond donors (Lipinski definition) is 0. The molecule has 0 saturated carbocycles. The Morgan fingerprint density at radius 1 is 1.07 bits per heavy atom. The van der Waals surface area contributed by atoms with Gasteiger partial charge in [0.2, 0.25) is 9.84 Å². The standard InChI is InChI=1S/C12H14O2S/c1-10-6-5-9-12(10)15(13,14)11-7-3-2-4-8-11/h2-4,7-8H,5-6,9H2,1H3. The van der Waals surface area contributed by atoms with Gasteiger partial charge in [0, 0.05) is 4.91 Å². The van der Waals surface area contributed by atoms with Gasteiger partial charge in [-0.05, 0) is 38.3 Å². The third-order valence-electron chi connectivity index (χ3n) is 2.81. The molecule has 1 aromatic rings. The number of hydrogen-bond acceptors (Lipinski definition) is 2. The molecular formula is C12H14O2S. The summed E-state index contributed by atoms with van der Waals surface area (Å²) < 4.78 is 24.4. The minimum Gasteiger partial charge on any atom is -0.219 e. The molecule has 0 amide bonds. The minimum absolute atomic E-state index is 0.418. The van der Waals surface area contributed by atoms with Crippen molar-refractivity contribution < 1.29 is 8.42 Å². The summed E-state index contributed by atoms with van der Waals surface area (Å²) in [6.45, 7) is 1.92. The molecule has 0 saturated heterocycles. The third kappa shape index (κ3) is 1.84. The van der Waals surface area contributed by atoms with Gasteiger partial charge < -0.3 is 0 Å². The summed E-state index contributed by atoms with van der Waals surface area (Å²) in [5, 5.41) is 0. The second kappa shape index (κ2) is 3.81. The highest BCUT2D eigenvalue weighted by atomic mass is 32.2. The highest BCUT2D eigenvalue weighted by molar-refractivity contribution is 7.95. The van der Waals surface area contributed by atoms with Crippen LogP contribution >= 0.6 is 0 Å². The zero-order valence-electron chi connectivity index (χ0n) is 8.73. The lowest BCUT2D eigenvalue weighted by Crippen LogP contribution is -2.03. The van der Waals surface area contributed by atoms with Crippen molar-refractivity contribution >= 4 is 9.84 Å². The lowest BCUT2D eigenvalue weighted by Gasteiger charge is -2.06. The van der Waals surface area contributed by atoms with E-state index < -0.39 is 9.84 Å². The van der Waals surface area contributed by atoms with Crippen molar-refractivity contribution in [2.75, 3.05) is 0 Å². The van der Waals surface area contributed by atoms with Gasteiger partial charge in [-0.1, -0.05) is 23.8 Å². The smallest absolute Gasteiger partial charge is 0.202 e. The fourth-order valence-electron chi connectivity index (χ4n) is 1.97. The number of allylic oxidation sites excluding steroid dienone is 2. The van der Waals surface area contributed by atoms with Crippen LogP contribution in [-0.4, -0.2) is 8.42 Å². The number of benzene rings is 1. The third-order valence-corrected chi connectivity index (χ3v) is 4.90. The second-order valence-electron chi connectivity index (χ2n) is 3.87. The van der Waals surface area contributed by atoms with E-state index in [0.717, 1.165) is 18.4 Å². The van der Waals surface area contributed by atoms with Gasteiger partial charge in [-0.25, -0.2) is 8.42 Å². The van der Waals surface area contributed by atoms with Crippen LogP contribution in [0.4, 0.5) is 0 Å². The van der Waals surface area contributed by atoms with Crippen LogP contribution in [0.25, 0.3) is 0 Å². The van der Waals surface area contributed by atoms with Crippen LogP contribution in [0.2, 0.25) is 0 Å². The van der Waals surface area contributed by atoms with Crippen LogP contribution in [0.5, 0.6) is 0 Å². The van der Waals surface area contributed by atoms with Crippen LogP contribution in [0.1, 0.15) is 26.2 Å². The molecule has 80 valence electrons. The fourth-order valence-corrected chi connectivity index (χ4v) is 3.75. The lowest BCUT2D eigenvalue weighted by molar-refractivity contribution is 0.600. The molecule has 0 aromatic heterocycles. The summed E-state index contributed by atoms with van der Waals surface area (Å²) in [5.41, 5.74) is 1.03. The topological polar surface area (TPSA) is 34.1 Å². The van der Waals surface area contributed by atoms with Crippen LogP contribution in [0, 0.1) is 0 Å². The number of rotatable bonds is 2. The van der Waals surface area contributed by atoms with Crippen LogP contribution in [-0.2, 0) is 9.84 Å². The molecule has 1 aromatic carbocycles. The first kappa shape index (κ1) is 10.4. The first-order chi connectivity index (χ1) is 7.12. The largest absolute Gasteiger partial charge is 0.219 e. The molecule has 0 fully saturated rings. The fraction of sp³-hybridized carbons (Fsp3) is 0.333. The second-order valence-corrected chi connectivity index (χ2v) is 5.84. The zero-order valence-corrected chi connectivity index (χ0v) is 9.55. The maximum Gasteiger partial charge on any atom is 0.202 e. The normalized spacial score (nSPS) is 17.1. The van der Waals surface area contributed by atoms with E-state index in [2.05, 4.69) is 0 Å². The molecule has 2 nitrogen and oxygen atoms in total. The van der Waals surface area contributed by atoms with Crippen molar-refractivity contribution in [3.8, 4) is 0 Å². The predicted molar refractivity (Wildman–Crippen MR) is 60.2 cm³/mol. The SMILES string of the molecule is CC1=C(S(=O)(=O)c2ccccc2)CCC1. The summed E-state index contributed by atoms with van der Waals surface area (Å²) in [7, 11) is -3.21. The summed E-state index contributed by atoms with van der Waals surface area (Å²) in [6, 6.07) is 8.67. The van der Waals surface area contributed by atoms with Crippen molar-refractivity contribution in [1.29, 1.82) is 0 Å².